The molecule has 1 nitrogen and oxygen atoms in total. The zero-order chi connectivity index (χ0) is 9.84. The van der Waals surface area contributed by atoms with Crippen molar-refractivity contribution in [1.29, 1.82) is 0 Å². The van der Waals surface area contributed by atoms with Crippen molar-refractivity contribution in [2.45, 2.75) is 13.3 Å². The summed E-state index contributed by atoms with van der Waals surface area (Å²) >= 11 is 5.42. The fourth-order valence-electron chi connectivity index (χ4n) is 1.09. The Balaban J connectivity index is 2.87. The Morgan fingerprint density at radius 1 is 1.54 bits per heavy atom. The third-order valence-electron chi connectivity index (χ3n) is 1.85. The summed E-state index contributed by atoms with van der Waals surface area (Å²) in [4.78, 5) is 11.2. The van der Waals surface area contributed by atoms with Crippen LogP contribution in [0.2, 0.25) is 0 Å². The number of halogens is 2. The van der Waals surface area contributed by atoms with Crippen molar-refractivity contribution in [2.24, 2.45) is 0 Å². The van der Waals surface area contributed by atoms with Crippen LogP contribution in [-0.2, 0) is 11.2 Å². The topological polar surface area (TPSA) is 17.1 Å². The minimum absolute atomic E-state index is 0.227. The van der Waals surface area contributed by atoms with Crippen molar-refractivity contribution in [3.8, 4) is 0 Å². The van der Waals surface area contributed by atoms with Gasteiger partial charge in [0.2, 0.25) is 0 Å². The number of alkyl halides is 1. The van der Waals surface area contributed by atoms with E-state index < -0.39 is 0 Å². The Morgan fingerprint density at radius 3 is 2.85 bits per heavy atom. The quantitative estimate of drug-likeness (QED) is 0.603. The maximum Gasteiger partial charge on any atom is 0.147 e. The molecule has 0 aliphatic carbocycles. The summed E-state index contributed by atoms with van der Waals surface area (Å²) in [6, 6.07) is 6.17. The fraction of sp³-hybridized carbons (Fsp3) is 0.300. The molecule has 0 heterocycles. The van der Waals surface area contributed by atoms with E-state index in [-0.39, 0.29) is 5.78 Å². The second-order valence-electron chi connectivity index (χ2n) is 2.92. The highest BCUT2D eigenvalue weighted by Crippen LogP contribution is 2.14. The molecular formula is C10H10BrIO. The van der Waals surface area contributed by atoms with Crippen LogP contribution in [0.3, 0.4) is 0 Å². The van der Waals surface area contributed by atoms with Crippen molar-refractivity contribution in [3.05, 3.63) is 32.9 Å². The molecule has 0 amide bonds. The fourth-order valence-corrected chi connectivity index (χ4v) is 1.84. The largest absolute Gasteiger partial charge is 0.298 e. The van der Waals surface area contributed by atoms with Gasteiger partial charge in [-0.3, -0.25) is 4.79 Å². The molecule has 1 aromatic rings. The van der Waals surface area contributed by atoms with Gasteiger partial charge >= 0.3 is 0 Å². The molecule has 0 unspecified atom stereocenters. The van der Waals surface area contributed by atoms with Crippen molar-refractivity contribution >= 4 is 44.3 Å². The molecule has 0 aromatic heterocycles. The van der Waals surface area contributed by atoms with E-state index in [9.17, 15) is 4.79 Å². The van der Waals surface area contributed by atoms with E-state index in [0.717, 1.165) is 5.56 Å². The summed E-state index contributed by atoms with van der Waals surface area (Å²) in [5, 5.41) is 0.442. The van der Waals surface area contributed by atoms with Gasteiger partial charge in [0.1, 0.15) is 5.78 Å². The second kappa shape index (κ2) is 5.10. The van der Waals surface area contributed by atoms with Gasteiger partial charge in [0.25, 0.3) is 0 Å². The molecule has 0 saturated heterocycles. The highest BCUT2D eigenvalue weighted by atomic mass is 127. The van der Waals surface area contributed by atoms with Crippen molar-refractivity contribution in [3.63, 3.8) is 0 Å². The van der Waals surface area contributed by atoms with Crippen LogP contribution in [0.1, 0.15) is 11.1 Å². The van der Waals surface area contributed by atoms with Crippen LogP contribution in [-0.4, -0.2) is 11.1 Å². The Bertz CT molecular complexity index is 323. The third kappa shape index (κ3) is 3.38. The first-order valence-electron chi connectivity index (χ1n) is 3.96. The first-order chi connectivity index (χ1) is 6.13. The van der Waals surface area contributed by atoms with Crippen LogP contribution < -0.4 is 0 Å². The van der Waals surface area contributed by atoms with E-state index in [4.69, 9.17) is 0 Å². The van der Waals surface area contributed by atoms with E-state index in [2.05, 4.69) is 56.7 Å². The first kappa shape index (κ1) is 11.2. The average molecular weight is 353 g/mol. The standard InChI is InChI=1S/C10H10BrIO/c1-7-2-3-9(12)4-8(7)5-10(13)6-11/h2-4H,5-6H2,1H3. The van der Waals surface area contributed by atoms with Gasteiger partial charge in [-0.1, -0.05) is 22.0 Å². The maximum atomic E-state index is 11.2. The molecule has 0 aliphatic rings. The molecule has 0 bridgehead atoms. The maximum absolute atomic E-state index is 11.2. The highest BCUT2D eigenvalue weighted by Gasteiger charge is 2.04. The Hall–Kier alpha value is 0.1000. The number of benzene rings is 1. The van der Waals surface area contributed by atoms with Crippen molar-refractivity contribution in [2.75, 3.05) is 5.33 Å². The molecular weight excluding hydrogens is 343 g/mol. The number of Topliss-reactive ketones (excluding diaryl/α,β-unsaturated/α-hetero) is 1. The lowest BCUT2D eigenvalue weighted by Crippen LogP contribution is -2.05. The minimum Gasteiger partial charge on any atom is -0.298 e. The number of ketones is 1. The molecule has 0 radical (unpaired) electrons. The lowest BCUT2D eigenvalue weighted by atomic mass is 10.0. The van der Waals surface area contributed by atoms with Gasteiger partial charge in [0.15, 0.2) is 0 Å². The molecule has 0 atom stereocenters. The summed E-state index contributed by atoms with van der Waals surface area (Å²) < 4.78 is 1.18. The molecule has 0 aliphatic heterocycles. The van der Waals surface area contributed by atoms with Gasteiger partial charge in [0.05, 0.1) is 5.33 Å². The van der Waals surface area contributed by atoms with Crippen LogP contribution in [0.5, 0.6) is 0 Å². The highest BCUT2D eigenvalue weighted by molar-refractivity contribution is 14.1. The molecule has 0 saturated carbocycles. The first-order valence-corrected chi connectivity index (χ1v) is 6.16. The Labute approximate surface area is 100 Å². The van der Waals surface area contributed by atoms with Crippen molar-refractivity contribution < 1.29 is 4.79 Å². The van der Waals surface area contributed by atoms with E-state index in [1.165, 1.54) is 9.13 Å². The van der Waals surface area contributed by atoms with Gasteiger partial charge < -0.3 is 0 Å². The smallest absolute Gasteiger partial charge is 0.147 e. The van der Waals surface area contributed by atoms with Crippen LogP contribution in [0.15, 0.2) is 18.2 Å². The molecule has 70 valence electrons. The van der Waals surface area contributed by atoms with Gasteiger partial charge in [-0.15, -0.1) is 0 Å². The van der Waals surface area contributed by atoms with Crippen LogP contribution in [0.4, 0.5) is 0 Å². The molecule has 1 rings (SSSR count). The zero-order valence-electron chi connectivity index (χ0n) is 7.31. The average Bonchev–Trinajstić information content (AvgIpc) is 2.11. The van der Waals surface area contributed by atoms with Crippen LogP contribution in [0, 0.1) is 10.5 Å². The lowest BCUT2D eigenvalue weighted by Gasteiger charge is -2.04. The predicted molar refractivity (Wildman–Crippen MR) is 66.4 cm³/mol. The molecule has 0 fully saturated rings. The molecule has 3 heteroatoms. The molecule has 0 N–H and O–H groups in total. The van der Waals surface area contributed by atoms with Crippen LogP contribution in [0.25, 0.3) is 0 Å². The third-order valence-corrected chi connectivity index (χ3v) is 3.14. The van der Waals surface area contributed by atoms with Gasteiger partial charge in [-0.05, 0) is 52.8 Å². The van der Waals surface area contributed by atoms with E-state index in [1.54, 1.807) is 0 Å². The number of rotatable bonds is 3. The molecule has 0 spiro atoms. The van der Waals surface area contributed by atoms with Crippen molar-refractivity contribution in [1.82, 2.24) is 0 Å². The molecule has 13 heavy (non-hydrogen) atoms. The number of carbonyl (C=O) groups excluding carboxylic acids is 1. The van der Waals surface area contributed by atoms with E-state index in [0.29, 0.717) is 11.8 Å². The minimum atomic E-state index is 0.227. The van der Waals surface area contributed by atoms with Crippen LogP contribution >= 0.6 is 38.5 Å². The summed E-state index contributed by atoms with van der Waals surface area (Å²) in [7, 11) is 0. The molecule has 1 aromatic carbocycles. The Morgan fingerprint density at radius 2 is 2.23 bits per heavy atom. The number of hydrogen-bond acceptors (Lipinski definition) is 1. The summed E-state index contributed by atoms with van der Waals surface area (Å²) in [5.74, 6) is 0.227. The normalized spacial score (nSPS) is 10.1. The van der Waals surface area contributed by atoms with Gasteiger partial charge in [-0.2, -0.15) is 0 Å². The monoisotopic (exact) mass is 352 g/mol. The zero-order valence-corrected chi connectivity index (χ0v) is 11.1. The van der Waals surface area contributed by atoms with Gasteiger partial charge in [0, 0.05) is 9.99 Å². The lowest BCUT2D eigenvalue weighted by molar-refractivity contribution is -0.115. The number of aryl methyl sites for hydroxylation is 1. The summed E-state index contributed by atoms with van der Waals surface area (Å²) in [6.45, 7) is 2.03. The second-order valence-corrected chi connectivity index (χ2v) is 4.73. The summed E-state index contributed by atoms with van der Waals surface area (Å²) in [5.41, 5.74) is 2.33. The van der Waals surface area contributed by atoms with Gasteiger partial charge in [-0.25, -0.2) is 0 Å². The summed E-state index contributed by atoms with van der Waals surface area (Å²) in [6.07, 6.45) is 0.536. The number of carbonyl (C=O) groups is 1. The number of hydrogen-bond donors (Lipinski definition) is 0. The van der Waals surface area contributed by atoms with E-state index in [1.807, 2.05) is 6.92 Å². The Kier molecular flexibility index (Phi) is 4.38. The van der Waals surface area contributed by atoms with E-state index >= 15 is 0 Å². The SMILES string of the molecule is Cc1ccc(I)cc1CC(=O)CBr. The predicted octanol–water partition coefficient (Wildman–Crippen LogP) is 3.11.